The average molecular weight is 389 g/mol. The van der Waals surface area contributed by atoms with E-state index in [0.29, 0.717) is 11.3 Å². The molecule has 0 atom stereocenters. The molecule has 2 heterocycles. The molecule has 1 fully saturated rings. The second kappa shape index (κ2) is 8.31. The van der Waals surface area contributed by atoms with Crippen LogP contribution < -0.4 is 0 Å². The Kier molecular flexibility index (Phi) is 5.42. The third-order valence-corrected chi connectivity index (χ3v) is 5.07. The number of para-hydroxylation sites is 1. The van der Waals surface area contributed by atoms with Crippen molar-refractivity contribution in [2.24, 2.45) is 0 Å². The Morgan fingerprint density at radius 1 is 1.00 bits per heavy atom. The van der Waals surface area contributed by atoms with Crippen molar-refractivity contribution in [3.05, 3.63) is 71.9 Å². The van der Waals surface area contributed by atoms with Gasteiger partial charge in [0.05, 0.1) is 5.69 Å². The van der Waals surface area contributed by atoms with Gasteiger partial charge in [-0.15, -0.1) is 0 Å². The molecule has 1 aliphatic rings. The zero-order valence-electron chi connectivity index (χ0n) is 16.4. The van der Waals surface area contributed by atoms with Crippen LogP contribution in [0.1, 0.15) is 28.8 Å². The second-order valence-electron chi connectivity index (χ2n) is 7.20. The van der Waals surface area contributed by atoms with E-state index < -0.39 is 5.97 Å². The average Bonchev–Trinajstić information content (AvgIpc) is 3.43. The highest BCUT2D eigenvalue weighted by Gasteiger charge is 2.23. The van der Waals surface area contributed by atoms with E-state index in [1.807, 2.05) is 61.5 Å². The van der Waals surface area contributed by atoms with Gasteiger partial charge in [-0.25, -0.2) is 9.48 Å². The zero-order valence-corrected chi connectivity index (χ0v) is 16.4. The molecule has 0 unspecified atom stereocenters. The van der Waals surface area contributed by atoms with Crippen LogP contribution in [-0.4, -0.2) is 46.3 Å². The molecule has 2 aromatic carbocycles. The number of likely N-dealkylation sites (tertiary alicyclic amines) is 1. The van der Waals surface area contributed by atoms with Gasteiger partial charge >= 0.3 is 5.97 Å². The van der Waals surface area contributed by atoms with Crippen molar-refractivity contribution in [2.75, 3.05) is 19.7 Å². The summed E-state index contributed by atoms with van der Waals surface area (Å²) < 4.78 is 7.01. The number of nitrogens with zero attached hydrogens (tertiary/aromatic N) is 3. The number of benzene rings is 2. The Morgan fingerprint density at radius 3 is 2.38 bits per heavy atom. The molecule has 1 aromatic heterocycles. The fraction of sp³-hybridized carbons (Fsp3) is 0.261. The van der Waals surface area contributed by atoms with E-state index in [2.05, 4.69) is 5.10 Å². The van der Waals surface area contributed by atoms with Gasteiger partial charge in [0.25, 0.3) is 5.91 Å². The van der Waals surface area contributed by atoms with Gasteiger partial charge in [0, 0.05) is 24.8 Å². The zero-order chi connectivity index (χ0) is 20.2. The minimum atomic E-state index is -0.546. The fourth-order valence-electron chi connectivity index (χ4n) is 3.42. The highest BCUT2D eigenvalue weighted by Crippen LogP contribution is 2.25. The first-order valence-corrected chi connectivity index (χ1v) is 9.79. The molecule has 0 spiro atoms. The number of rotatable bonds is 5. The molecule has 0 saturated carbocycles. The summed E-state index contributed by atoms with van der Waals surface area (Å²) in [5, 5.41) is 4.63. The molecule has 1 amide bonds. The quantitative estimate of drug-likeness (QED) is 0.625. The SMILES string of the molecule is Cc1ccc(-c2nn(-c3ccccc3)cc2C(=O)OCC(=O)N2CCCC2)cc1. The van der Waals surface area contributed by atoms with Crippen molar-refractivity contribution >= 4 is 11.9 Å². The Balaban J connectivity index is 1.61. The van der Waals surface area contributed by atoms with Crippen LogP contribution in [0.25, 0.3) is 16.9 Å². The van der Waals surface area contributed by atoms with Crippen LogP contribution in [0.5, 0.6) is 0 Å². The second-order valence-corrected chi connectivity index (χ2v) is 7.20. The van der Waals surface area contributed by atoms with Crippen molar-refractivity contribution in [1.82, 2.24) is 14.7 Å². The lowest BCUT2D eigenvalue weighted by atomic mass is 10.1. The van der Waals surface area contributed by atoms with E-state index in [1.165, 1.54) is 0 Å². The van der Waals surface area contributed by atoms with Gasteiger partial charge < -0.3 is 9.64 Å². The molecule has 1 aliphatic heterocycles. The lowest BCUT2D eigenvalue weighted by Crippen LogP contribution is -2.32. The smallest absolute Gasteiger partial charge is 0.342 e. The van der Waals surface area contributed by atoms with Crippen molar-refractivity contribution in [3.8, 4) is 16.9 Å². The van der Waals surface area contributed by atoms with Crippen LogP contribution in [0.4, 0.5) is 0 Å². The standard InChI is InChI=1S/C23H23N3O3/c1-17-9-11-18(12-10-17)22-20(15-26(24-22)19-7-3-2-4-8-19)23(28)29-16-21(27)25-13-5-6-14-25/h2-4,7-12,15H,5-6,13-14,16H2,1H3. The van der Waals surface area contributed by atoms with Crippen molar-refractivity contribution in [1.29, 1.82) is 0 Å². The first kappa shape index (κ1) is 18.9. The molecule has 6 heteroatoms. The molecule has 1 saturated heterocycles. The Morgan fingerprint density at radius 2 is 1.69 bits per heavy atom. The first-order valence-electron chi connectivity index (χ1n) is 9.79. The molecule has 3 aromatic rings. The van der Waals surface area contributed by atoms with Crippen LogP contribution in [0.3, 0.4) is 0 Å². The number of hydrogen-bond donors (Lipinski definition) is 0. The van der Waals surface area contributed by atoms with Crippen LogP contribution in [-0.2, 0) is 9.53 Å². The molecule has 148 valence electrons. The number of amides is 1. The van der Waals surface area contributed by atoms with E-state index in [0.717, 1.165) is 42.7 Å². The van der Waals surface area contributed by atoms with E-state index in [9.17, 15) is 9.59 Å². The van der Waals surface area contributed by atoms with E-state index in [4.69, 9.17) is 4.74 Å². The van der Waals surface area contributed by atoms with E-state index in [1.54, 1.807) is 15.8 Å². The molecule has 29 heavy (non-hydrogen) atoms. The number of carbonyl (C=O) groups excluding carboxylic acids is 2. The molecule has 0 N–H and O–H groups in total. The van der Waals surface area contributed by atoms with E-state index in [-0.39, 0.29) is 12.5 Å². The molecule has 6 nitrogen and oxygen atoms in total. The lowest BCUT2D eigenvalue weighted by molar-refractivity contribution is -0.133. The van der Waals surface area contributed by atoms with Crippen LogP contribution in [0.2, 0.25) is 0 Å². The summed E-state index contributed by atoms with van der Waals surface area (Å²) in [5.74, 6) is -0.696. The Labute approximate surface area is 169 Å². The van der Waals surface area contributed by atoms with Crippen LogP contribution >= 0.6 is 0 Å². The maximum atomic E-state index is 12.8. The number of carbonyl (C=O) groups is 2. The highest BCUT2D eigenvalue weighted by molar-refractivity contribution is 5.97. The summed E-state index contributed by atoms with van der Waals surface area (Å²) >= 11 is 0. The van der Waals surface area contributed by atoms with Gasteiger partial charge in [-0.2, -0.15) is 5.10 Å². The summed E-state index contributed by atoms with van der Waals surface area (Å²) in [5.41, 5.74) is 3.66. The monoisotopic (exact) mass is 389 g/mol. The topological polar surface area (TPSA) is 64.4 Å². The maximum Gasteiger partial charge on any atom is 0.342 e. The number of hydrogen-bond acceptors (Lipinski definition) is 4. The van der Waals surface area contributed by atoms with Gasteiger partial charge in [-0.3, -0.25) is 4.79 Å². The molecule has 0 radical (unpaired) electrons. The summed E-state index contributed by atoms with van der Waals surface area (Å²) in [4.78, 5) is 26.8. The van der Waals surface area contributed by atoms with Gasteiger partial charge in [0.1, 0.15) is 11.3 Å². The number of esters is 1. The summed E-state index contributed by atoms with van der Waals surface area (Å²) in [6.45, 7) is 3.22. The third-order valence-electron chi connectivity index (χ3n) is 5.07. The van der Waals surface area contributed by atoms with E-state index >= 15 is 0 Å². The van der Waals surface area contributed by atoms with Crippen molar-refractivity contribution in [2.45, 2.75) is 19.8 Å². The molecule has 0 bridgehead atoms. The van der Waals surface area contributed by atoms with Gasteiger partial charge in [0.15, 0.2) is 6.61 Å². The molecule has 0 aliphatic carbocycles. The predicted molar refractivity (Wildman–Crippen MR) is 110 cm³/mol. The minimum Gasteiger partial charge on any atom is -0.452 e. The van der Waals surface area contributed by atoms with Crippen molar-refractivity contribution in [3.63, 3.8) is 0 Å². The Hall–Kier alpha value is -3.41. The largest absolute Gasteiger partial charge is 0.452 e. The van der Waals surface area contributed by atoms with Gasteiger partial charge in [0.2, 0.25) is 0 Å². The van der Waals surface area contributed by atoms with Gasteiger partial charge in [-0.1, -0.05) is 48.0 Å². The molecular formula is C23H23N3O3. The maximum absolute atomic E-state index is 12.8. The predicted octanol–water partition coefficient (Wildman–Crippen LogP) is 3.63. The Bertz CT molecular complexity index is 1000. The normalized spacial score (nSPS) is 13.5. The lowest BCUT2D eigenvalue weighted by Gasteiger charge is -2.14. The molecular weight excluding hydrogens is 366 g/mol. The molecule has 4 rings (SSSR count). The number of aromatic nitrogens is 2. The number of aryl methyl sites for hydroxylation is 1. The summed E-state index contributed by atoms with van der Waals surface area (Å²) in [6, 6.07) is 17.4. The number of ether oxygens (including phenoxy) is 1. The van der Waals surface area contributed by atoms with Crippen LogP contribution in [0.15, 0.2) is 60.8 Å². The summed E-state index contributed by atoms with van der Waals surface area (Å²) in [6.07, 6.45) is 3.66. The van der Waals surface area contributed by atoms with Crippen LogP contribution in [0, 0.1) is 6.92 Å². The minimum absolute atomic E-state index is 0.150. The first-order chi connectivity index (χ1) is 14.1. The highest BCUT2D eigenvalue weighted by atomic mass is 16.5. The fourth-order valence-corrected chi connectivity index (χ4v) is 3.42. The van der Waals surface area contributed by atoms with Gasteiger partial charge in [-0.05, 0) is 31.9 Å². The third kappa shape index (κ3) is 4.21. The van der Waals surface area contributed by atoms with Crippen molar-refractivity contribution < 1.29 is 14.3 Å². The summed E-state index contributed by atoms with van der Waals surface area (Å²) in [7, 11) is 0.